The van der Waals surface area contributed by atoms with Crippen LogP contribution in [0.1, 0.15) is 11.1 Å². The highest BCUT2D eigenvalue weighted by Gasteiger charge is 2.24. The maximum atomic E-state index is 12.4. The average molecular weight is 329 g/mol. The van der Waals surface area contributed by atoms with E-state index >= 15 is 0 Å². The van der Waals surface area contributed by atoms with Gasteiger partial charge in [-0.3, -0.25) is 9.78 Å². The smallest absolute Gasteiger partial charge is 0.256 e. The number of nitrogens with two attached hydrogens (primary N) is 2. The second kappa shape index (κ2) is 5.76. The Morgan fingerprint density at radius 2 is 1.96 bits per heavy atom. The highest BCUT2D eigenvalue weighted by atomic mass is 16.2. The third-order valence-electron chi connectivity index (χ3n) is 4.03. The van der Waals surface area contributed by atoms with Gasteiger partial charge in [0.1, 0.15) is 0 Å². The Hall–Kier alpha value is -3.67. The van der Waals surface area contributed by atoms with Gasteiger partial charge in [-0.2, -0.15) is 0 Å². The molecule has 0 saturated heterocycles. The van der Waals surface area contributed by atoms with E-state index in [0.29, 0.717) is 11.3 Å². The number of benzene rings is 2. The highest BCUT2D eigenvalue weighted by molar-refractivity contribution is 6.35. The van der Waals surface area contributed by atoms with Crippen molar-refractivity contribution in [2.75, 3.05) is 5.32 Å². The van der Waals surface area contributed by atoms with Gasteiger partial charge in [-0.25, -0.2) is 4.99 Å². The first-order chi connectivity index (χ1) is 12.1. The van der Waals surface area contributed by atoms with Crippen LogP contribution < -0.4 is 16.8 Å². The summed E-state index contributed by atoms with van der Waals surface area (Å²) < 4.78 is 0. The van der Waals surface area contributed by atoms with Gasteiger partial charge in [-0.1, -0.05) is 18.2 Å². The first kappa shape index (κ1) is 14.9. The molecular formula is C19H15N5O. The van der Waals surface area contributed by atoms with Gasteiger partial charge in [-0.15, -0.1) is 0 Å². The molecule has 0 atom stereocenters. The summed E-state index contributed by atoms with van der Waals surface area (Å²) in [6, 6.07) is 15.0. The molecule has 25 heavy (non-hydrogen) atoms. The van der Waals surface area contributed by atoms with E-state index in [-0.39, 0.29) is 11.9 Å². The largest absolute Gasteiger partial charge is 0.370 e. The summed E-state index contributed by atoms with van der Waals surface area (Å²) in [6.07, 6.45) is 3.60. The minimum Gasteiger partial charge on any atom is -0.370 e. The topological polar surface area (TPSA) is 106 Å². The normalized spacial score (nSPS) is 14.4. The van der Waals surface area contributed by atoms with Crippen LogP contribution in [0.25, 0.3) is 22.6 Å². The fraction of sp³-hybridized carbons (Fsp3) is 0. The molecule has 1 aliphatic rings. The molecule has 2 heterocycles. The number of rotatable bonds is 2. The third kappa shape index (κ3) is 2.70. The lowest BCUT2D eigenvalue weighted by Gasteiger charge is -2.04. The fourth-order valence-corrected chi connectivity index (χ4v) is 2.94. The summed E-state index contributed by atoms with van der Waals surface area (Å²) in [7, 11) is 0. The number of anilines is 1. The Morgan fingerprint density at radius 3 is 2.80 bits per heavy atom. The van der Waals surface area contributed by atoms with Crippen molar-refractivity contribution in [3.05, 3.63) is 65.9 Å². The number of guanidine groups is 1. The molecule has 0 aliphatic carbocycles. The summed E-state index contributed by atoms with van der Waals surface area (Å²) in [4.78, 5) is 20.8. The number of hydrogen-bond donors (Lipinski definition) is 3. The van der Waals surface area contributed by atoms with Crippen LogP contribution in [0, 0.1) is 0 Å². The maximum Gasteiger partial charge on any atom is 0.256 e. The molecule has 6 heteroatoms. The monoisotopic (exact) mass is 329 g/mol. The van der Waals surface area contributed by atoms with Crippen LogP contribution in [0.3, 0.4) is 0 Å². The number of carbonyl (C=O) groups excluding carboxylic acids is 1. The molecule has 4 rings (SSSR count). The number of aromatic nitrogens is 1. The van der Waals surface area contributed by atoms with E-state index in [9.17, 15) is 4.79 Å². The minimum absolute atomic E-state index is 0.0251. The summed E-state index contributed by atoms with van der Waals surface area (Å²) in [6.45, 7) is 0. The number of para-hydroxylation sites is 1. The first-order valence-electron chi connectivity index (χ1n) is 7.73. The molecule has 1 aliphatic heterocycles. The van der Waals surface area contributed by atoms with Crippen molar-refractivity contribution in [3.8, 4) is 0 Å². The average Bonchev–Trinajstić information content (AvgIpc) is 2.90. The molecular weight excluding hydrogens is 314 g/mol. The van der Waals surface area contributed by atoms with Gasteiger partial charge in [0, 0.05) is 28.4 Å². The number of fused-ring (bicyclic) bond motifs is 2. The molecule has 3 aromatic rings. The lowest BCUT2D eigenvalue weighted by molar-refractivity contribution is -0.110. The SMILES string of the molecule is NC(N)=Nc1ccc2c(c1)C(=Cc1ccnc3ccccc13)C(=O)N2. The van der Waals surface area contributed by atoms with Gasteiger partial charge < -0.3 is 16.8 Å². The summed E-state index contributed by atoms with van der Waals surface area (Å²) in [5.41, 5.74) is 15.4. The molecule has 0 fully saturated rings. The second-order valence-electron chi connectivity index (χ2n) is 5.70. The Balaban J connectivity index is 1.88. The summed E-state index contributed by atoms with van der Waals surface area (Å²) in [5, 5.41) is 3.85. The van der Waals surface area contributed by atoms with Gasteiger partial charge in [-0.05, 0) is 42.0 Å². The molecule has 122 valence electrons. The van der Waals surface area contributed by atoms with Crippen molar-refractivity contribution in [1.29, 1.82) is 0 Å². The van der Waals surface area contributed by atoms with Gasteiger partial charge in [0.15, 0.2) is 5.96 Å². The zero-order valence-corrected chi connectivity index (χ0v) is 13.2. The van der Waals surface area contributed by atoms with E-state index in [4.69, 9.17) is 11.5 Å². The zero-order valence-electron chi connectivity index (χ0n) is 13.2. The summed E-state index contributed by atoms with van der Waals surface area (Å²) >= 11 is 0. The molecule has 2 aromatic carbocycles. The number of nitrogens with one attached hydrogen (secondary N) is 1. The number of hydrogen-bond acceptors (Lipinski definition) is 3. The van der Waals surface area contributed by atoms with E-state index < -0.39 is 0 Å². The number of carbonyl (C=O) groups is 1. The lowest BCUT2D eigenvalue weighted by Crippen LogP contribution is -2.21. The third-order valence-corrected chi connectivity index (χ3v) is 4.03. The van der Waals surface area contributed by atoms with Crippen molar-refractivity contribution < 1.29 is 4.79 Å². The van der Waals surface area contributed by atoms with Crippen LogP contribution in [-0.4, -0.2) is 16.9 Å². The van der Waals surface area contributed by atoms with Crippen molar-refractivity contribution in [3.63, 3.8) is 0 Å². The molecule has 0 saturated carbocycles. The van der Waals surface area contributed by atoms with Crippen molar-refractivity contribution in [1.82, 2.24) is 4.98 Å². The van der Waals surface area contributed by atoms with Gasteiger partial charge in [0.05, 0.1) is 11.2 Å². The molecule has 5 N–H and O–H groups in total. The predicted molar refractivity (Wildman–Crippen MR) is 100 cm³/mol. The quantitative estimate of drug-likeness (QED) is 0.382. The first-order valence-corrected chi connectivity index (χ1v) is 7.73. The van der Waals surface area contributed by atoms with Crippen LogP contribution in [0.4, 0.5) is 11.4 Å². The summed E-state index contributed by atoms with van der Waals surface area (Å²) in [5.74, 6) is -0.180. The molecule has 1 aromatic heterocycles. The Labute approximate surface area is 143 Å². The standard InChI is InChI=1S/C19H15N5O/c20-19(21)23-12-5-6-17-14(10-12)15(18(25)24-17)9-11-7-8-22-16-4-2-1-3-13(11)16/h1-10H,(H,24,25)(H4,20,21,23). The van der Waals surface area contributed by atoms with Crippen LogP contribution in [0.15, 0.2) is 59.7 Å². The van der Waals surface area contributed by atoms with Crippen LogP contribution >= 0.6 is 0 Å². The van der Waals surface area contributed by atoms with Crippen LogP contribution in [0.5, 0.6) is 0 Å². The Morgan fingerprint density at radius 1 is 1.12 bits per heavy atom. The van der Waals surface area contributed by atoms with Crippen molar-refractivity contribution in [2.45, 2.75) is 0 Å². The van der Waals surface area contributed by atoms with Gasteiger partial charge in [0.2, 0.25) is 0 Å². The van der Waals surface area contributed by atoms with Crippen molar-refractivity contribution >= 4 is 45.8 Å². The predicted octanol–water partition coefficient (Wildman–Crippen LogP) is 2.63. The van der Waals surface area contributed by atoms with E-state index in [1.165, 1.54) is 0 Å². The Bertz CT molecular complexity index is 1060. The molecule has 0 unspecified atom stereocenters. The maximum absolute atomic E-state index is 12.4. The molecule has 1 amide bonds. The van der Waals surface area contributed by atoms with Crippen molar-refractivity contribution in [2.24, 2.45) is 16.5 Å². The number of nitrogens with zero attached hydrogens (tertiary/aromatic N) is 2. The van der Waals surface area contributed by atoms with Crippen LogP contribution in [-0.2, 0) is 4.79 Å². The van der Waals surface area contributed by atoms with Gasteiger partial charge >= 0.3 is 0 Å². The number of pyridine rings is 1. The molecule has 0 radical (unpaired) electrons. The highest BCUT2D eigenvalue weighted by Crippen LogP contribution is 2.36. The fourth-order valence-electron chi connectivity index (χ4n) is 2.94. The molecule has 0 spiro atoms. The number of aliphatic imine (C=N–C) groups is 1. The minimum atomic E-state index is -0.155. The van der Waals surface area contributed by atoms with Crippen LogP contribution in [0.2, 0.25) is 0 Å². The molecule has 6 nitrogen and oxygen atoms in total. The van der Waals surface area contributed by atoms with E-state index in [2.05, 4.69) is 15.3 Å². The second-order valence-corrected chi connectivity index (χ2v) is 5.70. The number of amides is 1. The van der Waals surface area contributed by atoms with Gasteiger partial charge in [0.25, 0.3) is 5.91 Å². The van der Waals surface area contributed by atoms with E-state index in [0.717, 1.165) is 27.7 Å². The molecule has 0 bridgehead atoms. The Kier molecular flexibility index (Phi) is 3.43. The lowest BCUT2D eigenvalue weighted by atomic mass is 10.0. The van der Waals surface area contributed by atoms with E-state index in [1.54, 1.807) is 24.4 Å². The zero-order chi connectivity index (χ0) is 17.4. The van der Waals surface area contributed by atoms with E-state index in [1.807, 2.05) is 36.4 Å².